The van der Waals surface area contributed by atoms with Crippen LogP contribution in [0.1, 0.15) is 31.2 Å². The quantitative estimate of drug-likeness (QED) is 0.920. The van der Waals surface area contributed by atoms with Gasteiger partial charge in [-0.1, -0.05) is 24.1 Å². The second-order valence-electron chi connectivity index (χ2n) is 5.27. The fraction of sp³-hybridized carbons (Fsp3) is 0.500. The van der Waals surface area contributed by atoms with Crippen molar-refractivity contribution in [3.05, 3.63) is 28.8 Å². The van der Waals surface area contributed by atoms with Gasteiger partial charge in [0.1, 0.15) is 0 Å². The largest absolute Gasteiger partial charge is 0.481 e. The number of aliphatic carboxylic acids is 1. The number of halogens is 1. The predicted octanol–water partition coefficient (Wildman–Crippen LogP) is 2.67. The Morgan fingerprint density at radius 2 is 2.14 bits per heavy atom. The summed E-state index contributed by atoms with van der Waals surface area (Å²) in [6.07, 6.45) is 2.00. The summed E-state index contributed by atoms with van der Waals surface area (Å²) in [7, 11) is -3.72. The molecule has 1 saturated heterocycles. The first kappa shape index (κ1) is 16.3. The van der Waals surface area contributed by atoms with E-state index in [1.807, 2.05) is 0 Å². The van der Waals surface area contributed by atoms with Gasteiger partial charge in [-0.2, -0.15) is 4.31 Å². The van der Waals surface area contributed by atoms with Crippen LogP contribution in [0.3, 0.4) is 0 Å². The second kappa shape index (κ2) is 6.34. The lowest BCUT2D eigenvalue weighted by Crippen LogP contribution is -2.44. The van der Waals surface area contributed by atoms with E-state index in [0.717, 1.165) is 12.8 Å². The van der Waals surface area contributed by atoms with E-state index in [1.165, 1.54) is 10.4 Å². The minimum atomic E-state index is -3.72. The van der Waals surface area contributed by atoms with Crippen LogP contribution >= 0.6 is 11.6 Å². The Kier molecular flexibility index (Phi) is 4.91. The van der Waals surface area contributed by atoms with Crippen molar-refractivity contribution in [3.63, 3.8) is 0 Å². The molecule has 1 aliphatic heterocycles. The SMILES string of the molecule is Cc1ccc(Cl)cc1S(=O)(=O)N1CCCCC1CC(=O)O. The molecule has 7 heteroatoms. The molecule has 1 aliphatic rings. The van der Waals surface area contributed by atoms with Crippen LogP contribution in [0, 0.1) is 6.92 Å². The van der Waals surface area contributed by atoms with Crippen LogP contribution in [0.4, 0.5) is 0 Å². The number of benzene rings is 1. The van der Waals surface area contributed by atoms with Crippen molar-refractivity contribution in [3.8, 4) is 0 Å². The molecule has 0 spiro atoms. The number of hydrogen-bond donors (Lipinski definition) is 1. The third-order valence-corrected chi connectivity index (χ3v) is 6.05. The highest BCUT2D eigenvalue weighted by Crippen LogP contribution is 2.30. The molecule has 0 saturated carbocycles. The molecule has 1 atom stereocenters. The number of nitrogens with zero attached hydrogens (tertiary/aromatic N) is 1. The second-order valence-corrected chi connectivity index (χ2v) is 7.57. The van der Waals surface area contributed by atoms with Crippen LogP contribution in [-0.4, -0.2) is 36.4 Å². The summed E-state index contributed by atoms with van der Waals surface area (Å²) in [5.41, 5.74) is 0.610. The molecule has 21 heavy (non-hydrogen) atoms. The summed E-state index contributed by atoms with van der Waals surface area (Å²) in [5.74, 6) is -0.982. The van der Waals surface area contributed by atoms with E-state index in [2.05, 4.69) is 0 Å². The highest BCUT2D eigenvalue weighted by Gasteiger charge is 2.35. The van der Waals surface area contributed by atoms with Crippen LogP contribution in [0.5, 0.6) is 0 Å². The average molecular weight is 332 g/mol. The summed E-state index contributed by atoms with van der Waals surface area (Å²) in [6.45, 7) is 2.06. The summed E-state index contributed by atoms with van der Waals surface area (Å²) in [6, 6.07) is 4.24. The first-order valence-electron chi connectivity index (χ1n) is 6.82. The van der Waals surface area contributed by atoms with Gasteiger partial charge in [-0.3, -0.25) is 4.79 Å². The molecule has 0 radical (unpaired) electrons. The van der Waals surface area contributed by atoms with Crippen LogP contribution in [-0.2, 0) is 14.8 Å². The Morgan fingerprint density at radius 1 is 1.43 bits per heavy atom. The van der Waals surface area contributed by atoms with Crippen molar-refractivity contribution < 1.29 is 18.3 Å². The van der Waals surface area contributed by atoms with Gasteiger partial charge in [0, 0.05) is 17.6 Å². The standard InChI is InChI=1S/C14H18ClNO4S/c1-10-5-6-11(15)8-13(10)21(19,20)16-7-3-2-4-12(16)9-14(17)18/h5-6,8,12H,2-4,7,9H2,1H3,(H,17,18). The average Bonchev–Trinajstić information content (AvgIpc) is 2.41. The molecule has 1 heterocycles. The minimum Gasteiger partial charge on any atom is -0.481 e. The van der Waals surface area contributed by atoms with Crippen molar-refractivity contribution in [1.82, 2.24) is 4.31 Å². The summed E-state index contributed by atoms with van der Waals surface area (Å²) >= 11 is 5.91. The van der Waals surface area contributed by atoms with E-state index < -0.39 is 22.0 Å². The molecule has 0 aromatic heterocycles. The van der Waals surface area contributed by atoms with Crippen molar-refractivity contribution in [2.24, 2.45) is 0 Å². The number of hydrogen-bond acceptors (Lipinski definition) is 3. The van der Waals surface area contributed by atoms with Crippen molar-refractivity contribution in [1.29, 1.82) is 0 Å². The van der Waals surface area contributed by atoms with Gasteiger partial charge in [-0.15, -0.1) is 0 Å². The normalized spacial score (nSPS) is 20.4. The lowest BCUT2D eigenvalue weighted by molar-refractivity contribution is -0.138. The summed E-state index contributed by atoms with van der Waals surface area (Å²) in [4.78, 5) is 11.1. The van der Waals surface area contributed by atoms with Crippen LogP contribution in [0.15, 0.2) is 23.1 Å². The molecule has 5 nitrogen and oxygen atoms in total. The van der Waals surface area contributed by atoms with Gasteiger partial charge in [0.2, 0.25) is 10.0 Å². The fourth-order valence-electron chi connectivity index (χ4n) is 2.67. The van der Waals surface area contributed by atoms with Gasteiger partial charge < -0.3 is 5.11 Å². The maximum Gasteiger partial charge on any atom is 0.304 e. The van der Waals surface area contributed by atoms with Crippen LogP contribution in [0.2, 0.25) is 5.02 Å². The molecule has 1 fully saturated rings. The third-order valence-electron chi connectivity index (χ3n) is 3.72. The maximum absolute atomic E-state index is 12.8. The molecule has 0 aliphatic carbocycles. The molecule has 1 N–H and O–H groups in total. The van der Waals surface area contributed by atoms with Gasteiger partial charge in [-0.25, -0.2) is 8.42 Å². The fourth-order valence-corrected chi connectivity index (χ4v) is 4.86. The topological polar surface area (TPSA) is 74.7 Å². The molecule has 0 bridgehead atoms. The first-order valence-corrected chi connectivity index (χ1v) is 8.64. The van der Waals surface area contributed by atoms with E-state index in [1.54, 1.807) is 19.1 Å². The Balaban J connectivity index is 2.40. The van der Waals surface area contributed by atoms with Crippen LogP contribution < -0.4 is 0 Å². The molecule has 116 valence electrons. The van der Waals surface area contributed by atoms with Crippen molar-refractivity contribution in [2.75, 3.05) is 6.54 Å². The smallest absolute Gasteiger partial charge is 0.304 e. The highest BCUT2D eigenvalue weighted by molar-refractivity contribution is 7.89. The molecule has 0 amide bonds. The van der Waals surface area contributed by atoms with Crippen LogP contribution in [0.25, 0.3) is 0 Å². The summed E-state index contributed by atoms with van der Waals surface area (Å²) < 4.78 is 27.0. The zero-order chi connectivity index (χ0) is 15.6. The molecule has 1 unspecified atom stereocenters. The van der Waals surface area contributed by atoms with E-state index in [9.17, 15) is 13.2 Å². The molecule has 1 aromatic rings. The maximum atomic E-state index is 12.8. The zero-order valence-electron chi connectivity index (χ0n) is 11.8. The Bertz CT molecular complexity index is 644. The number of carboxylic acids is 1. The number of piperidine rings is 1. The number of aryl methyl sites for hydroxylation is 1. The lowest BCUT2D eigenvalue weighted by atomic mass is 10.0. The number of carboxylic acid groups (broad SMARTS) is 1. The third kappa shape index (κ3) is 3.56. The predicted molar refractivity (Wildman–Crippen MR) is 80.0 cm³/mol. The van der Waals surface area contributed by atoms with Crippen molar-refractivity contribution >= 4 is 27.6 Å². The van der Waals surface area contributed by atoms with Crippen molar-refractivity contribution in [2.45, 2.75) is 43.5 Å². The number of carbonyl (C=O) groups is 1. The minimum absolute atomic E-state index is 0.160. The number of sulfonamides is 1. The van der Waals surface area contributed by atoms with E-state index in [4.69, 9.17) is 16.7 Å². The molecular weight excluding hydrogens is 314 g/mol. The van der Waals surface area contributed by atoms with E-state index in [0.29, 0.717) is 23.6 Å². The molecule has 1 aromatic carbocycles. The van der Waals surface area contributed by atoms with Gasteiger partial charge in [0.25, 0.3) is 0 Å². The lowest BCUT2D eigenvalue weighted by Gasteiger charge is -2.34. The molecule has 2 rings (SSSR count). The monoisotopic (exact) mass is 331 g/mol. The Hall–Kier alpha value is -1.11. The number of rotatable bonds is 4. The first-order chi connectivity index (χ1) is 9.82. The highest BCUT2D eigenvalue weighted by atomic mass is 35.5. The van der Waals surface area contributed by atoms with Gasteiger partial charge in [0.15, 0.2) is 0 Å². The Morgan fingerprint density at radius 3 is 2.81 bits per heavy atom. The summed E-state index contributed by atoms with van der Waals surface area (Å²) in [5, 5.41) is 9.33. The molecular formula is C14H18ClNO4S. The van der Waals surface area contributed by atoms with Gasteiger partial charge in [0.05, 0.1) is 11.3 Å². The van der Waals surface area contributed by atoms with Gasteiger partial charge >= 0.3 is 5.97 Å². The zero-order valence-corrected chi connectivity index (χ0v) is 13.3. The van der Waals surface area contributed by atoms with E-state index in [-0.39, 0.29) is 11.3 Å². The van der Waals surface area contributed by atoms with E-state index >= 15 is 0 Å². The Labute approximate surface area is 129 Å². The van der Waals surface area contributed by atoms with Gasteiger partial charge in [-0.05, 0) is 37.5 Å².